The number of ether oxygens (including phenoxy) is 1. The Hall–Kier alpha value is -3.44. The van der Waals surface area contributed by atoms with Crippen molar-refractivity contribution in [3.8, 4) is 5.75 Å². The van der Waals surface area contributed by atoms with Crippen molar-refractivity contribution in [3.05, 3.63) is 65.5 Å². The van der Waals surface area contributed by atoms with Gasteiger partial charge in [-0.25, -0.2) is 10.0 Å². The van der Waals surface area contributed by atoms with Crippen LogP contribution < -0.4 is 20.0 Å². The van der Waals surface area contributed by atoms with Gasteiger partial charge in [0, 0.05) is 63.5 Å². The number of nitrogens with zero attached hydrogens (tertiary/aromatic N) is 6. The highest BCUT2D eigenvalue weighted by molar-refractivity contribution is 7.17. The van der Waals surface area contributed by atoms with Crippen LogP contribution >= 0.6 is 11.3 Å². The average molecular weight is 586 g/mol. The number of nitrogens with one attached hydrogen (secondary N) is 1. The summed E-state index contributed by atoms with van der Waals surface area (Å²) < 4.78 is 6.92. The fraction of sp³-hybridized carbons (Fsp3) is 0.438. The first-order valence-corrected chi connectivity index (χ1v) is 15.9. The number of fused-ring (bicyclic) bond motifs is 1. The van der Waals surface area contributed by atoms with E-state index in [0.717, 1.165) is 52.7 Å². The van der Waals surface area contributed by atoms with Crippen LogP contribution in [0.1, 0.15) is 30.9 Å². The second-order valence-electron chi connectivity index (χ2n) is 11.4. The first-order chi connectivity index (χ1) is 20.7. The van der Waals surface area contributed by atoms with Crippen LogP contribution in [-0.4, -0.2) is 85.8 Å². The molecule has 2 aromatic heterocycles. The summed E-state index contributed by atoms with van der Waals surface area (Å²) in [5.74, 6) is 2.21. The minimum absolute atomic E-state index is 0.110. The van der Waals surface area contributed by atoms with Crippen LogP contribution in [0.3, 0.4) is 0 Å². The van der Waals surface area contributed by atoms with E-state index in [1.54, 1.807) is 18.4 Å². The molecule has 1 N–H and O–H groups in total. The molecule has 0 unspecified atom stereocenters. The van der Waals surface area contributed by atoms with Crippen molar-refractivity contribution in [2.75, 3.05) is 75.3 Å². The van der Waals surface area contributed by atoms with Crippen LogP contribution in [0.2, 0.25) is 0 Å². The molecule has 3 aliphatic rings. The molecular weight excluding hydrogens is 546 g/mol. The molecule has 7 rings (SSSR count). The van der Waals surface area contributed by atoms with E-state index in [2.05, 4.69) is 74.9 Å². The molecule has 9 nitrogen and oxygen atoms in total. The molecule has 5 heterocycles. The van der Waals surface area contributed by atoms with Gasteiger partial charge >= 0.3 is 0 Å². The van der Waals surface area contributed by atoms with E-state index in [1.165, 1.54) is 44.6 Å². The van der Waals surface area contributed by atoms with E-state index in [4.69, 9.17) is 19.5 Å². The van der Waals surface area contributed by atoms with Crippen molar-refractivity contribution >= 4 is 44.7 Å². The predicted molar refractivity (Wildman–Crippen MR) is 170 cm³/mol. The van der Waals surface area contributed by atoms with E-state index in [-0.39, 0.29) is 6.04 Å². The number of thiophene rings is 1. The number of hydrogen-bond acceptors (Lipinski definition) is 10. The molecule has 4 aromatic rings. The van der Waals surface area contributed by atoms with Gasteiger partial charge in [-0.3, -0.25) is 9.74 Å². The summed E-state index contributed by atoms with van der Waals surface area (Å²) in [5.41, 5.74) is 4.17. The van der Waals surface area contributed by atoms with E-state index in [9.17, 15) is 0 Å². The molecule has 3 aliphatic heterocycles. The third kappa shape index (κ3) is 5.51. The third-order valence-electron chi connectivity index (χ3n) is 8.88. The Balaban J connectivity index is 1.09. The Kier molecular flexibility index (Phi) is 7.86. The molecule has 42 heavy (non-hydrogen) atoms. The number of hydrogen-bond donors (Lipinski definition) is 1. The van der Waals surface area contributed by atoms with Gasteiger partial charge in [-0.05, 0) is 49.0 Å². The van der Waals surface area contributed by atoms with Gasteiger partial charge in [0.1, 0.15) is 5.75 Å². The van der Waals surface area contributed by atoms with Crippen LogP contribution in [0.25, 0.3) is 10.2 Å². The molecule has 0 spiro atoms. The maximum Gasteiger partial charge on any atom is 0.229 e. The maximum atomic E-state index is 6.15. The average Bonchev–Trinajstić information content (AvgIpc) is 3.72. The van der Waals surface area contributed by atoms with Crippen molar-refractivity contribution < 1.29 is 9.57 Å². The highest BCUT2D eigenvalue weighted by Crippen LogP contribution is 2.40. The van der Waals surface area contributed by atoms with E-state index in [0.29, 0.717) is 18.6 Å². The van der Waals surface area contributed by atoms with Crippen molar-refractivity contribution in [3.63, 3.8) is 0 Å². The predicted octanol–water partition coefficient (Wildman–Crippen LogP) is 5.54. The second kappa shape index (κ2) is 12.0. The Labute approximate surface area is 251 Å². The van der Waals surface area contributed by atoms with Crippen molar-refractivity contribution in [1.29, 1.82) is 0 Å². The minimum Gasteiger partial charge on any atom is -0.495 e. The Morgan fingerprint density at radius 1 is 0.929 bits per heavy atom. The van der Waals surface area contributed by atoms with Gasteiger partial charge in [-0.15, -0.1) is 11.3 Å². The van der Waals surface area contributed by atoms with E-state index in [1.807, 2.05) is 17.2 Å². The van der Waals surface area contributed by atoms with Gasteiger partial charge in [0.25, 0.3) is 0 Å². The molecule has 2 aromatic carbocycles. The summed E-state index contributed by atoms with van der Waals surface area (Å²) in [4.78, 5) is 23.6. The highest BCUT2D eigenvalue weighted by atomic mass is 32.1. The normalized spacial score (nSPS) is 20.9. The van der Waals surface area contributed by atoms with Gasteiger partial charge in [0.2, 0.25) is 5.95 Å². The fourth-order valence-electron chi connectivity index (χ4n) is 6.51. The zero-order valence-corrected chi connectivity index (χ0v) is 25.2. The number of piperazine rings is 1. The molecule has 220 valence electrons. The standard InChI is InChI=1S/C32H39N7O2S/c1-36-16-18-37(19-17-36)25-10-14-38(15-11-25)28-9-8-24(22-29(28)40-2)33-32-34-26-13-21-42-30(26)31(35-32)39-27(12-20-41-39)23-6-4-3-5-7-23/h3-9,13,21-22,25,27H,10-12,14-20H2,1-2H3,(H,33,34,35)/t27-/m1/s1. The lowest BCUT2D eigenvalue weighted by Crippen LogP contribution is -2.52. The topological polar surface area (TPSA) is 69.2 Å². The fourth-order valence-corrected chi connectivity index (χ4v) is 7.32. The van der Waals surface area contributed by atoms with Crippen LogP contribution in [0.5, 0.6) is 5.75 Å². The molecular formula is C32H39N7O2S. The number of anilines is 4. The van der Waals surface area contributed by atoms with Gasteiger partial charge in [0.15, 0.2) is 5.82 Å². The van der Waals surface area contributed by atoms with Crippen LogP contribution in [-0.2, 0) is 4.84 Å². The summed E-state index contributed by atoms with van der Waals surface area (Å²) in [6, 6.07) is 19.7. The van der Waals surface area contributed by atoms with Gasteiger partial charge in [-0.2, -0.15) is 4.98 Å². The zero-order chi connectivity index (χ0) is 28.5. The van der Waals surface area contributed by atoms with Crippen molar-refractivity contribution in [2.45, 2.75) is 31.3 Å². The summed E-state index contributed by atoms with van der Waals surface area (Å²) in [5, 5.41) is 7.48. The van der Waals surface area contributed by atoms with Crippen LogP contribution in [0.4, 0.5) is 23.1 Å². The quantitative estimate of drug-likeness (QED) is 0.301. The number of piperidine rings is 1. The molecule has 0 bridgehead atoms. The smallest absolute Gasteiger partial charge is 0.229 e. The van der Waals surface area contributed by atoms with Crippen molar-refractivity contribution in [2.24, 2.45) is 0 Å². The molecule has 1 atom stereocenters. The molecule has 10 heteroatoms. The summed E-state index contributed by atoms with van der Waals surface area (Å²) in [7, 11) is 3.97. The lowest BCUT2D eigenvalue weighted by molar-refractivity contribution is 0.0981. The number of aromatic nitrogens is 2. The van der Waals surface area contributed by atoms with Crippen LogP contribution in [0, 0.1) is 0 Å². The van der Waals surface area contributed by atoms with Crippen molar-refractivity contribution in [1.82, 2.24) is 19.8 Å². The maximum absolute atomic E-state index is 6.15. The molecule has 0 aliphatic carbocycles. The van der Waals surface area contributed by atoms with Gasteiger partial charge in [0.05, 0.1) is 35.7 Å². The summed E-state index contributed by atoms with van der Waals surface area (Å²) >= 11 is 1.64. The van der Waals surface area contributed by atoms with Gasteiger partial charge in [-0.1, -0.05) is 30.3 Å². The number of methoxy groups -OCH3 is 1. The minimum atomic E-state index is 0.110. The largest absolute Gasteiger partial charge is 0.495 e. The highest BCUT2D eigenvalue weighted by Gasteiger charge is 2.31. The Morgan fingerprint density at radius 2 is 1.74 bits per heavy atom. The first-order valence-electron chi connectivity index (χ1n) is 15.0. The third-order valence-corrected chi connectivity index (χ3v) is 9.78. The molecule has 3 saturated heterocycles. The Bertz CT molecular complexity index is 1500. The molecule has 0 saturated carbocycles. The molecule has 0 amide bonds. The SMILES string of the molecule is COc1cc(Nc2nc(N3OCC[C@@H]3c3ccccc3)c3sccc3n2)ccc1N1CCC(N2CCN(C)CC2)CC1. The lowest BCUT2D eigenvalue weighted by atomic mass is 10.0. The number of hydroxylamine groups is 1. The van der Waals surface area contributed by atoms with E-state index >= 15 is 0 Å². The van der Waals surface area contributed by atoms with Gasteiger partial charge < -0.3 is 19.9 Å². The van der Waals surface area contributed by atoms with Crippen LogP contribution in [0.15, 0.2) is 60.0 Å². The number of likely N-dealkylation sites (N-methyl/N-ethyl adjacent to an activating group) is 1. The summed E-state index contributed by atoms with van der Waals surface area (Å²) in [6.45, 7) is 7.45. The first kappa shape index (κ1) is 27.4. The number of benzene rings is 2. The summed E-state index contributed by atoms with van der Waals surface area (Å²) in [6.07, 6.45) is 3.29. The second-order valence-corrected chi connectivity index (χ2v) is 12.4. The zero-order valence-electron chi connectivity index (χ0n) is 24.4. The molecule has 0 radical (unpaired) electrons. The number of rotatable bonds is 7. The van der Waals surface area contributed by atoms with E-state index < -0.39 is 0 Å². The lowest BCUT2D eigenvalue weighted by Gasteiger charge is -2.42. The monoisotopic (exact) mass is 585 g/mol. The molecule has 3 fully saturated rings. The Morgan fingerprint density at radius 3 is 2.52 bits per heavy atom.